The highest BCUT2D eigenvalue weighted by Gasteiger charge is 2.39. The molecule has 126 valence electrons. The van der Waals surface area contributed by atoms with Crippen LogP contribution in [0, 0.1) is 5.41 Å². The number of hydrogen-bond donors (Lipinski definition) is 1. The third-order valence-corrected chi connectivity index (χ3v) is 7.09. The van der Waals surface area contributed by atoms with Crippen LogP contribution >= 0.6 is 22.9 Å². The quantitative estimate of drug-likeness (QED) is 0.652. The van der Waals surface area contributed by atoms with Crippen LogP contribution in [0.5, 0.6) is 0 Å². The average Bonchev–Trinajstić information content (AvgIpc) is 3.22. The maximum Gasteiger partial charge on any atom is 0.295 e. The van der Waals surface area contributed by atoms with Gasteiger partial charge in [0.05, 0.1) is 10.9 Å². The molecule has 3 rings (SSSR count). The number of rotatable bonds is 3. The standard InChI is InChI=1S/C14H19ClN4O2S2/c1-2-16-13(18-23(20,21)12-6-5-11(15)22-12)19-10-14(9-17-19)7-3-4-8-14/h5-6,9H,2-4,7-8,10H2,1H3,(H,16,18). The molecular formula is C14H19ClN4O2S2. The summed E-state index contributed by atoms with van der Waals surface area (Å²) in [4.78, 5) is 0. The van der Waals surface area contributed by atoms with Crippen molar-refractivity contribution in [3.05, 3.63) is 16.5 Å². The number of hydrazone groups is 1. The van der Waals surface area contributed by atoms with E-state index in [0.29, 0.717) is 17.4 Å². The molecule has 9 heteroatoms. The molecule has 0 saturated heterocycles. The summed E-state index contributed by atoms with van der Waals surface area (Å²) in [5, 5.41) is 9.09. The number of nitrogens with zero attached hydrogens (tertiary/aromatic N) is 3. The highest BCUT2D eigenvalue weighted by atomic mass is 35.5. The van der Waals surface area contributed by atoms with E-state index in [1.165, 1.54) is 18.9 Å². The lowest BCUT2D eigenvalue weighted by Crippen LogP contribution is -2.40. The summed E-state index contributed by atoms with van der Waals surface area (Å²) in [5.74, 6) is 0.275. The largest absolute Gasteiger partial charge is 0.354 e. The fraction of sp³-hybridized carbons (Fsp3) is 0.571. The van der Waals surface area contributed by atoms with Gasteiger partial charge in [-0.1, -0.05) is 24.4 Å². The molecule has 0 amide bonds. The Morgan fingerprint density at radius 2 is 2.22 bits per heavy atom. The van der Waals surface area contributed by atoms with Crippen molar-refractivity contribution in [1.29, 1.82) is 0 Å². The fourth-order valence-corrected chi connectivity index (χ4v) is 5.42. The van der Waals surface area contributed by atoms with Gasteiger partial charge < -0.3 is 5.32 Å². The molecule has 1 aromatic heterocycles. The first-order valence-electron chi connectivity index (χ1n) is 7.61. The van der Waals surface area contributed by atoms with Crippen molar-refractivity contribution in [3.8, 4) is 0 Å². The maximum atomic E-state index is 12.4. The van der Waals surface area contributed by atoms with E-state index in [0.717, 1.165) is 24.2 Å². The Bertz CT molecular complexity index is 736. The molecular weight excluding hydrogens is 356 g/mol. The van der Waals surface area contributed by atoms with Crippen LogP contribution in [0.15, 0.2) is 25.8 Å². The van der Waals surface area contributed by atoms with Gasteiger partial charge in [-0.05, 0) is 31.9 Å². The van der Waals surface area contributed by atoms with Gasteiger partial charge >= 0.3 is 0 Å². The van der Waals surface area contributed by atoms with Crippen LogP contribution in [0.25, 0.3) is 0 Å². The first-order chi connectivity index (χ1) is 10.9. The Kier molecular flexibility index (Phi) is 4.66. The third kappa shape index (κ3) is 3.54. The van der Waals surface area contributed by atoms with Gasteiger partial charge in [0.2, 0.25) is 5.96 Å². The van der Waals surface area contributed by atoms with Crippen molar-refractivity contribution in [2.75, 3.05) is 13.1 Å². The van der Waals surface area contributed by atoms with Gasteiger partial charge in [0.1, 0.15) is 4.21 Å². The topological polar surface area (TPSA) is 74.1 Å². The van der Waals surface area contributed by atoms with E-state index in [4.69, 9.17) is 11.6 Å². The molecule has 6 nitrogen and oxygen atoms in total. The van der Waals surface area contributed by atoms with Gasteiger partial charge in [0.15, 0.2) is 0 Å². The predicted octanol–water partition coefficient (Wildman–Crippen LogP) is 2.92. The van der Waals surface area contributed by atoms with E-state index < -0.39 is 10.0 Å². The molecule has 0 unspecified atom stereocenters. The summed E-state index contributed by atoms with van der Waals surface area (Å²) in [6.07, 6.45) is 6.54. The van der Waals surface area contributed by atoms with Gasteiger partial charge in [0.25, 0.3) is 10.0 Å². The van der Waals surface area contributed by atoms with Gasteiger partial charge in [0, 0.05) is 18.2 Å². The van der Waals surface area contributed by atoms with Crippen molar-refractivity contribution in [2.45, 2.75) is 36.8 Å². The van der Waals surface area contributed by atoms with Crippen LogP contribution in [0.4, 0.5) is 0 Å². The number of halogens is 1. The maximum absolute atomic E-state index is 12.4. The van der Waals surface area contributed by atoms with Gasteiger partial charge in [-0.15, -0.1) is 15.7 Å². The monoisotopic (exact) mass is 374 g/mol. The van der Waals surface area contributed by atoms with E-state index >= 15 is 0 Å². The summed E-state index contributed by atoms with van der Waals surface area (Å²) >= 11 is 6.83. The van der Waals surface area contributed by atoms with Crippen molar-refractivity contribution in [3.63, 3.8) is 0 Å². The molecule has 1 N–H and O–H groups in total. The summed E-state index contributed by atoms with van der Waals surface area (Å²) < 4.78 is 29.4. The van der Waals surface area contributed by atoms with Crippen molar-refractivity contribution >= 4 is 45.1 Å². The third-order valence-electron chi connectivity index (χ3n) is 4.12. The van der Waals surface area contributed by atoms with Crippen molar-refractivity contribution in [2.24, 2.45) is 14.9 Å². The first-order valence-corrected chi connectivity index (χ1v) is 10.2. The van der Waals surface area contributed by atoms with Crippen LogP contribution < -0.4 is 5.32 Å². The normalized spacial score (nSPS) is 20.6. The van der Waals surface area contributed by atoms with Crippen LogP contribution in [0.1, 0.15) is 32.6 Å². The fourth-order valence-electron chi connectivity index (χ4n) is 2.99. The lowest BCUT2D eigenvalue weighted by atomic mass is 9.88. The van der Waals surface area contributed by atoms with Crippen LogP contribution in [-0.4, -0.2) is 38.7 Å². The van der Waals surface area contributed by atoms with Crippen LogP contribution in [-0.2, 0) is 10.0 Å². The molecule has 1 saturated carbocycles. The predicted molar refractivity (Wildman–Crippen MR) is 93.7 cm³/mol. The zero-order valence-corrected chi connectivity index (χ0v) is 15.2. The molecule has 0 radical (unpaired) electrons. The summed E-state index contributed by atoms with van der Waals surface area (Å²) in [6.45, 7) is 3.15. The molecule has 1 aliphatic carbocycles. The summed E-state index contributed by atoms with van der Waals surface area (Å²) in [7, 11) is -3.79. The zero-order chi connectivity index (χ0) is 16.5. The summed E-state index contributed by atoms with van der Waals surface area (Å²) in [6, 6.07) is 3.03. The molecule has 1 aromatic rings. The number of guanidine groups is 1. The minimum Gasteiger partial charge on any atom is -0.354 e. The second-order valence-electron chi connectivity index (χ2n) is 5.85. The lowest BCUT2D eigenvalue weighted by molar-refractivity contribution is 0.340. The van der Waals surface area contributed by atoms with Crippen LogP contribution in [0.2, 0.25) is 4.34 Å². The SMILES string of the molecule is CCN/C(=N\S(=O)(=O)c1ccc(Cl)s1)N1CC2(C=N1)CCCC2. The average molecular weight is 375 g/mol. The number of nitrogens with one attached hydrogen (secondary N) is 1. The molecule has 1 fully saturated rings. The molecule has 1 aliphatic heterocycles. The first kappa shape index (κ1) is 16.7. The Morgan fingerprint density at radius 1 is 1.48 bits per heavy atom. The molecule has 2 heterocycles. The second kappa shape index (κ2) is 6.41. The minimum atomic E-state index is -3.79. The molecule has 1 spiro atoms. The highest BCUT2D eigenvalue weighted by molar-refractivity contribution is 7.92. The van der Waals surface area contributed by atoms with E-state index in [-0.39, 0.29) is 15.6 Å². The van der Waals surface area contributed by atoms with Gasteiger partial charge in [-0.3, -0.25) is 0 Å². The zero-order valence-electron chi connectivity index (χ0n) is 12.8. The molecule has 2 aliphatic rings. The number of thiophene rings is 1. The van der Waals surface area contributed by atoms with E-state index in [1.807, 2.05) is 13.1 Å². The Hall–Kier alpha value is -1.12. The minimum absolute atomic E-state index is 0.0756. The Labute approximate surface area is 145 Å². The molecule has 0 bridgehead atoms. The smallest absolute Gasteiger partial charge is 0.295 e. The van der Waals surface area contributed by atoms with Crippen LogP contribution in [0.3, 0.4) is 0 Å². The van der Waals surface area contributed by atoms with Gasteiger partial charge in [-0.2, -0.15) is 13.5 Å². The van der Waals surface area contributed by atoms with Crippen molar-refractivity contribution in [1.82, 2.24) is 10.3 Å². The second-order valence-corrected chi connectivity index (χ2v) is 9.40. The summed E-state index contributed by atoms with van der Waals surface area (Å²) in [5.41, 5.74) is 0.0756. The Morgan fingerprint density at radius 3 is 2.83 bits per heavy atom. The van der Waals surface area contributed by atoms with E-state index in [2.05, 4.69) is 14.8 Å². The number of sulfonamides is 1. The molecule has 0 atom stereocenters. The Balaban J connectivity index is 1.86. The van der Waals surface area contributed by atoms with Gasteiger partial charge in [-0.25, -0.2) is 5.01 Å². The number of hydrogen-bond acceptors (Lipinski definition) is 4. The van der Waals surface area contributed by atoms with E-state index in [1.54, 1.807) is 11.1 Å². The van der Waals surface area contributed by atoms with Crippen molar-refractivity contribution < 1.29 is 8.42 Å². The lowest BCUT2D eigenvalue weighted by Gasteiger charge is -2.23. The van der Waals surface area contributed by atoms with E-state index in [9.17, 15) is 8.42 Å². The molecule has 23 heavy (non-hydrogen) atoms. The molecule has 0 aromatic carbocycles. The highest BCUT2D eigenvalue weighted by Crippen LogP contribution is 2.40.